The van der Waals surface area contributed by atoms with Crippen LogP contribution in [0.5, 0.6) is 0 Å². The summed E-state index contributed by atoms with van der Waals surface area (Å²) in [5.74, 6) is 3.99. The summed E-state index contributed by atoms with van der Waals surface area (Å²) in [6.07, 6.45) is 11.0. The Morgan fingerprint density at radius 1 is 0.875 bits per heavy atom. The predicted octanol–water partition coefficient (Wildman–Crippen LogP) is 5.74. The second kappa shape index (κ2) is 6.95. The first-order chi connectivity index (χ1) is 15.7. The van der Waals surface area contributed by atoms with Crippen molar-refractivity contribution in [3.8, 4) is 0 Å². The van der Waals surface area contributed by atoms with Crippen molar-refractivity contribution >= 4 is 16.8 Å². The Kier molecular flexibility index (Phi) is 4.11. The minimum absolute atomic E-state index is 0.421. The molecule has 0 unspecified atom stereocenters. The van der Waals surface area contributed by atoms with Crippen LogP contribution in [0, 0.1) is 17.8 Å². The van der Waals surface area contributed by atoms with Crippen LogP contribution < -0.4 is 0 Å². The minimum Gasteiger partial charge on any atom is -0.305 e. The lowest BCUT2D eigenvalue weighted by molar-refractivity contribution is -0.0825. The average molecular weight is 425 g/mol. The highest BCUT2D eigenvalue weighted by molar-refractivity contribution is 5.81. The van der Waals surface area contributed by atoms with Gasteiger partial charge in [-0.25, -0.2) is 4.98 Å². The van der Waals surface area contributed by atoms with E-state index in [1.165, 1.54) is 60.8 Å². The van der Waals surface area contributed by atoms with Crippen LogP contribution in [0.1, 0.15) is 49.8 Å². The van der Waals surface area contributed by atoms with Gasteiger partial charge in [-0.05, 0) is 81.0 Å². The van der Waals surface area contributed by atoms with E-state index in [4.69, 9.17) is 4.98 Å². The van der Waals surface area contributed by atoms with Crippen molar-refractivity contribution in [2.45, 2.75) is 57.2 Å². The second-order valence-electron chi connectivity index (χ2n) is 11.0. The Labute approximate surface area is 189 Å². The molecule has 0 spiro atoms. The number of rotatable bonds is 5. The van der Waals surface area contributed by atoms with Crippen molar-refractivity contribution in [2.75, 3.05) is 7.05 Å². The number of benzene rings is 2. The highest BCUT2D eigenvalue weighted by atomic mass is 15.2. The molecule has 4 aliphatic carbocycles. The number of hydrogen-bond acceptors (Lipinski definition) is 2. The van der Waals surface area contributed by atoms with Crippen LogP contribution in [0.2, 0.25) is 0 Å². The lowest BCUT2D eigenvalue weighted by atomic mass is 9.52. The van der Waals surface area contributed by atoms with Gasteiger partial charge >= 0.3 is 0 Å². The fourth-order valence-electron chi connectivity index (χ4n) is 7.73. The second-order valence-corrected chi connectivity index (χ2v) is 11.0. The third-order valence-corrected chi connectivity index (χ3v) is 8.81. The fraction of sp³-hybridized carbons (Fsp3) is 0.464. The molecule has 4 saturated carbocycles. The van der Waals surface area contributed by atoms with Gasteiger partial charge in [0.25, 0.3) is 0 Å². The molecule has 4 heteroatoms. The van der Waals surface area contributed by atoms with Gasteiger partial charge in [0.15, 0.2) is 0 Å². The van der Waals surface area contributed by atoms with Gasteiger partial charge in [0.05, 0.1) is 23.3 Å². The lowest BCUT2D eigenvalue weighted by Crippen LogP contribution is -2.58. The molecule has 4 fully saturated rings. The Morgan fingerprint density at radius 2 is 1.50 bits per heavy atom. The van der Waals surface area contributed by atoms with Crippen LogP contribution in [-0.2, 0) is 13.1 Å². The summed E-state index contributed by atoms with van der Waals surface area (Å²) in [4.78, 5) is 7.88. The van der Waals surface area contributed by atoms with E-state index >= 15 is 0 Å². The van der Waals surface area contributed by atoms with Crippen molar-refractivity contribution in [1.82, 2.24) is 18.9 Å². The normalized spacial score (nSPS) is 29.0. The number of para-hydroxylation sites is 2. The molecular weight excluding hydrogens is 392 g/mol. The van der Waals surface area contributed by atoms with Crippen LogP contribution in [0.3, 0.4) is 0 Å². The first-order valence-electron chi connectivity index (χ1n) is 12.4. The van der Waals surface area contributed by atoms with Gasteiger partial charge in [-0.15, -0.1) is 0 Å². The maximum absolute atomic E-state index is 5.20. The molecule has 2 heterocycles. The summed E-state index contributed by atoms with van der Waals surface area (Å²) >= 11 is 0. The average Bonchev–Trinajstić information content (AvgIpc) is 3.31. The van der Waals surface area contributed by atoms with Gasteiger partial charge in [0, 0.05) is 18.3 Å². The van der Waals surface area contributed by atoms with Crippen molar-refractivity contribution in [2.24, 2.45) is 17.8 Å². The van der Waals surface area contributed by atoms with Gasteiger partial charge in [-0.3, -0.25) is 9.30 Å². The number of imidazole rings is 2. The third-order valence-electron chi connectivity index (χ3n) is 8.81. The zero-order chi connectivity index (χ0) is 21.3. The summed E-state index contributed by atoms with van der Waals surface area (Å²) in [7, 11) is 2.37. The molecular formula is C28H32N4. The van der Waals surface area contributed by atoms with Gasteiger partial charge in [0.2, 0.25) is 5.78 Å². The van der Waals surface area contributed by atoms with Gasteiger partial charge in [-0.2, -0.15) is 0 Å². The molecule has 2 aromatic heterocycles. The smallest absolute Gasteiger partial charge is 0.215 e. The summed E-state index contributed by atoms with van der Waals surface area (Å²) < 4.78 is 4.68. The van der Waals surface area contributed by atoms with Crippen LogP contribution in [0.4, 0.5) is 0 Å². The maximum atomic E-state index is 5.20. The van der Waals surface area contributed by atoms with Gasteiger partial charge in [0.1, 0.15) is 0 Å². The molecule has 8 rings (SSSR count). The van der Waals surface area contributed by atoms with Crippen molar-refractivity contribution in [1.29, 1.82) is 0 Å². The fourth-order valence-corrected chi connectivity index (χ4v) is 7.73. The first-order valence-corrected chi connectivity index (χ1v) is 12.4. The van der Waals surface area contributed by atoms with Crippen molar-refractivity contribution in [3.05, 3.63) is 72.1 Å². The molecule has 32 heavy (non-hydrogen) atoms. The SMILES string of the molecule is CN(Cc1cn2c3ccccc3n(Cc3ccccc3)c2n1)C12CC3CC(CC(C3)C1)C2. The molecule has 0 saturated heterocycles. The largest absolute Gasteiger partial charge is 0.305 e. The van der Waals surface area contributed by atoms with Crippen LogP contribution >= 0.6 is 0 Å². The van der Waals surface area contributed by atoms with E-state index in [2.05, 4.69) is 81.7 Å². The topological polar surface area (TPSA) is 25.5 Å². The van der Waals surface area contributed by atoms with Gasteiger partial charge in [-0.1, -0.05) is 42.5 Å². The maximum Gasteiger partial charge on any atom is 0.215 e. The van der Waals surface area contributed by atoms with Crippen LogP contribution in [0.15, 0.2) is 60.8 Å². The van der Waals surface area contributed by atoms with E-state index in [0.717, 1.165) is 36.6 Å². The number of fused-ring (bicyclic) bond motifs is 3. The molecule has 0 N–H and O–H groups in total. The quantitative estimate of drug-likeness (QED) is 0.408. The Bertz CT molecular complexity index is 1250. The lowest BCUT2D eigenvalue weighted by Gasteiger charge is -2.60. The van der Waals surface area contributed by atoms with Crippen molar-refractivity contribution in [3.63, 3.8) is 0 Å². The van der Waals surface area contributed by atoms with Gasteiger partial charge < -0.3 is 4.57 Å². The predicted molar refractivity (Wildman–Crippen MR) is 129 cm³/mol. The summed E-state index contributed by atoms with van der Waals surface area (Å²) in [6, 6.07) is 19.4. The third kappa shape index (κ3) is 2.88. The number of aromatic nitrogens is 3. The first kappa shape index (κ1) is 18.9. The Morgan fingerprint density at radius 3 is 2.19 bits per heavy atom. The molecule has 0 aliphatic heterocycles. The zero-order valence-corrected chi connectivity index (χ0v) is 19.0. The van der Waals surface area contributed by atoms with Crippen LogP contribution in [0.25, 0.3) is 16.8 Å². The highest BCUT2D eigenvalue weighted by Gasteiger charge is 2.52. The summed E-state index contributed by atoms with van der Waals surface area (Å²) in [5, 5.41) is 0. The molecule has 4 bridgehead atoms. The van der Waals surface area contributed by atoms with E-state index in [9.17, 15) is 0 Å². The Balaban J connectivity index is 1.24. The zero-order valence-electron chi connectivity index (χ0n) is 19.0. The minimum atomic E-state index is 0.421. The molecule has 0 radical (unpaired) electrons. The monoisotopic (exact) mass is 424 g/mol. The van der Waals surface area contributed by atoms with Crippen molar-refractivity contribution < 1.29 is 0 Å². The van der Waals surface area contributed by atoms with E-state index in [-0.39, 0.29) is 0 Å². The number of hydrogen-bond donors (Lipinski definition) is 0. The van der Waals surface area contributed by atoms with E-state index in [0.29, 0.717) is 5.54 Å². The molecule has 4 nitrogen and oxygen atoms in total. The molecule has 164 valence electrons. The highest BCUT2D eigenvalue weighted by Crippen LogP contribution is 2.57. The Hall–Kier alpha value is -2.59. The van der Waals surface area contributed by atoms with Crippen LogP contribution in [-0.4, -0.2) is 31.4 Å². The molecule has 4 aromatic rings. The van der Waals surface area contributed by atoms with E-state index < -0.39 is 0 Å². The summed E-state index contributed by atoms with van der Waals surface area (Å²) in [6.45, 7) is 1.80. The van der Waals surface area contributed by atoms with E-state index in [1.807, 2.05) is 0 Å². The molecule has 2 aromatic carbocycles. The van der Waals surface area contributed by atoms with E-state index in [1.54, 1.807) is 0 Å². The number of nitrogens with zero attached hydrogens (tertiary/aromatic N) is 4. The molecule has 0 amide bonds. The molecule has 4 aliphatic rings. The standard InChI is InChI=1S/C28H32N4/c1-30(28-14-21-11-22(15-28)13-23(12-21)16-28)18-24-19-32-26-10-6-5-9-25(26)31(27(32)29-24)17-20-7-3-2-4-8-20/h2-10,19,21-23H,11-18H2,1H3. The molecule has 0 atom stereocenters. The summed E-state index contributed by atoms with van der Waals surface area (Å²) in [5.41, 5.74) is 5.43.